The second kappa shape index (κ2) is 2.25. The molecule has 8 heavy (non-hydrogen) atoms. The number of allylic oxidation sites excluding steroid dienone is 2. The van der Waals surface area contributed by atoms with E-state index in [4.69, 9.17) is 0 Å². The van der Waals surface area contributed by atoms with Crippen LogP contribution < -0.4 is 0 Å². The lowest BCUT2D eigenvalue weighted by Crippen LogP contribution is -1.96. The van der Waals surface area contributed by atoms with Gasteiger partial charge in [0.05, 0.1) is 19.3 Å². The topological polar surface area (TPSA) is 0 Å². The molecule has 0 fully saturated rings. The average Bonchev–Trinajstić information content (AvgIpc) is 1.77. The van der Waals surface area contributed by atoms with Gasteiger partial charge in [-0.05, 0) is 13.0 Å². The Hall–Kier alpha value is -0.390. The lowest BCUT2D eigenvalue weighted by atomic mass is 9.92. The van der Waals surface area contributed by atoms with Gasteiger partial charge in [0, 0.05) is 6.42 Å². The molecule has 0 saturated carbocycles. The van der Waals surface area contributed by atoms with Gasteiger partial charge in [0.15, 0.2) is 0 Å². The Kier molecular flexibility index (Phi) is 1.62. The molecule has 1 aliphatic rings. The molecule has 1 rings (SSSR count). The Bertz CT molecular complexity index is 101. The SMILES string of the molecule is CC1=CC[C+](C)CC1. The zero-order valence-corrected chi connectivity index (χ0v) is 5.70. The van der Waals surface area contributed by atoms with Crippen LogP contribution in [0.1, 0.15) is 33.1 Å². The summed E-state index contributed by atoms with van der Waals surface area (Å²) in [7, 11) is 0. The Morgan fingerprint density at radius 3 is 2.75 bits per heavy atom. The summed E-state index contributed by atoms with van der Waals surface area (Å²) in [5, 5.41) is 0. The molecule has 0 heteroatoms. The van der Waals surface area contributed by atoms with E-state index in [1.54, 1.807) is 11.5 Å². The minimum absolute atomic E-state index is 1.23. The molecular weight excluding hydrogens is 96.1 g/mol. The molecule has 0 spiro atoms. The minimum atomic E-state index is 1.23. The fraction of sp³-hybridized carbons (Fsp3) is 0.625. The van der Waals surface area contributed by atoms with E-state index < -0.39 is 0 Å². The van der Waals surface area contributed by atoms with Crippen LogP contribution in [0.3, 0.4) is 0 Å². The van der Waals surface area contributed by atoms with Gasteiger partial charge in [0.1, 0.15) is 6.42 Å². The van der Waals surface area contributed by atoms with E-state index in [0.717, 1.165) is 0 Å². The van der Waals surface area contributed by atoms with E-state index >= 15 is 0 Å². The summed E-state index contributed by atoms with van der Waals surface area (Å²) in [5.74, 6) is 1.63. The van der Waals surface area contributed by atoms with Crippen molar-refractivity contribution >= 4 is 0 Å². The molecule has 0 heterocycles. The summed E-state index contributed by atoms with van der Waals surface area (Å²) < 4.78 is 0. The first-order valence-electron chi connectivity index (χ1n) is 3.26. The monoisotopic (exact) mass is 109 g/mol. The van der Waals surface area contributed by atoms with Crippen LogP contribution in [-0.2, 0) is 0 Å². The van der Waals surface area contributed by atoms with Gasteiger partial charge in [-0.2, -0.15) is 0 Å². The highest BCUT2D eigenvalue weighted by atomic mass is 14.1. The first-order chi connectivity index (χ1) is 3.79. The molecular formula is C8H13+. The normalized spacial score (nSPS) is 20.8. The predicted molar refractivity (Wildman–Crippen MR) is 36.5 cm³/mol. The maximum atomic E-state index is 2.33. The highest BCUT2D eigenvalue weighted by Crippen LogP contribution is 2.23. The highest BCUT2D eigenvalue weighted by molar-refractivity contribution is 5.10. The lowest BCUT2D eigenvalue weighted by Gasteiger charge is -2.05. The molecule has 0 unspecified atom stereocenters. The van der Waals surface area contributed by atoms with Crippen molar-refractivity contribution in [3.05, 3.63) is 17.6 Å². The molecule has 0 amide bonds. The van der Waals surface area contributed by atoms with Crippen LogP contribution in [0.25, 0.3) is 0 Å². The quantitative estimate of drug-likeness (QED) is 0.331. The van der Waals surface area contributed by atoms with Crippen molar-refractivity contribution < 1.29 is 0 Å². The van der Waals surface area contributed by atoms with Gasteiger partial charge in [-0.1, -0.05) is 5.57 Å². The van der Waals surface area contributed by atoms with Crippen molar-refractivity contribution in [1.82, 2.24) is 0 Å². The molecule has 0 N–H and O–H groups in total. The van der Waals surface area contributed by atoms with Gasteiger partial charge in [-0.3, -0.25) is 0 Å². The standard InChI is InChI=1S/C8H13/c1-7-3-5-8(2)6-4-7/h3H,4-6H2,1-2H3/q+1. The maximum Gasteiger partial charge on any atom is 0.108 e. The average molecular weight is 109 g/mol. The number of hydrogen-bond acceptors (Lipinski definition) is 0. The molecule has 0 bridgehead atoms. The first kappa shape index (κ1) is 5.74. The highest BCUT2D eigenvalue weighted by Gasteiger charge is 2.15. The molecule has 44 valence electrons. The van der Waals surface area contributed by atoms with Crippen molar-refractivity contribution in [2.75, 3.05) is 0 Å². The Morgan fingerprint density at radius 2 is 2.38 bits per heavy atom. The smallest absolute Gasteiger partial charge is 0.0689 e. The fourth-order valence-corrected chi connectivity index (χ4v) is 0.963. The van der Waals surface area contributed by atoms with Gasteiger partial charge < -0.3 is 0 Å². The van der Waals surface area contributed by atoms with E-state index in [0.29, 0.717) is 0 Å². The zero-order chi connectivity index (χ0) is 5.98. The predicted octanol–water partition coefficient (Wildman–Crippen LogP) is 2.71. The molecule has 0 aromatic rings. The molecule has 0 radical (unpaired) electrons. The van der Waals surface area contributed by atoms with Gasteiger partial charge in [0.2, 0.25) is 0 Å². The van der Waals surface area contributed by atoms with Gasteiger partial charge in [-0.15, -0.1) is 0 Å². The van der Waals surface area contributed by atoms with Gasteiger partial charge in [0.25, 0.3) is 0 Å². The third-order valence-electron chi connectivity index (χ3n) is 1.75. The summed E-state index contributed by atoms with van der Waals surface area (Å²) in [4.78, 5) is 0. The summed E-state index contributed by atoms with van der Waals surface area (Å²) in [6.45, 7) is 4.45. The van der Waals surface area contributed by atoms with Crippen LogP contribution in [-0.4, -0.2) is 0 Å². The van der Waals surface area contributed by atoms with Crippen molar-refractivity contribution in [2.24, 2.45) is 0 Å². The Balaban J connectivity index is 2.42. The summed E-state index contributed by atoms with van der Waals surface area (Å²) in [5.41, 5.74) is 1.57. The molecule has 0 aromatic heterocycles. The molecule has 0 atom stereocenters. The van der Waals surface area contributed by atoms with Crippen LogP contribution >= 0.6 is 0 Å². The second-order valence-corrected chi connectivity index (χ2v) is 2.71. The molecule has 0 aliphatic heterocycles. The Morgan fingerprint density at radius 1 is 1.62 bits per heavy atom. The molecule has 1 aliphatic carbocycles. The van der Waals surface area contributed by atoms with Crippen molar-refractivity contribution in [3.8, 4) is 0 Å². The van der Waals surface area contributed by atoms with E-state index in [9.17, 15) is 0 Å². The van der Waals surface area contributed by atoms with E-state index in [1.807, 2.05) is 0 Å². The van der Waals surface area contributed by atoms with Crippen LogP contribution in [0.2, 0.25) is 0 Å². The van der Waals surface area contributed by atoms with Crippen molar-refractivity contribution in [3.63, 3.8) is 0 Å². The third-order valence-corrected chi connectivity index (χ3v) is 1.75. The zero-order valence-electron chi connectivity index (χ0n) is 5.70. The van der Waals surface area contributed by atoms with Gasteiger partial charge >= 0.3 is 0 Å². The van der Waals surface area contributed by atoms with Crippen LogP contribution in [0.15, 0.2) is 11.6 Å². The molecule has 0 aromatic carbocycles. The van der Waals surface area contributed by atoms with Crippen LogP contribution in [0.4, 0.5) is 0 Å². The van der Waals surface area contributed by atoms with Crippen LogP contribution in [0, 0.1) is 5.92 Å². The van der Waals surface area contributed by atoms with Crippen LogP contribution in [0.5, 0.6) is 0 Å². The van der Waals surface area contributed by atoms with Crippen molar-refractivity contribution in [1.29, 1.82) is 0 Å². The minimum Gasteiger partial charge on any atom is -0.0689 e. The van der Waals surface area contributed by atoms with Gasteiger partial charge in [-0.25, -0.2) is 0 Å². The van der Waals surface area contributed by atoms with Crippen molar-refractivity contribution in [2.45, 2.75) is 33.1 Å². The number of rotatable bonds is 0. The van der Waals surface area contributed by atoms with E-state index in [1.165, 1.54) is 19.3 Å². The largest absolute Gasteiger partial charge is 0.108 e. The fourth-order valence-electron chi connectivity index (χ4n) is 0.963. The number of hydrogen-bond donors (Lipinski definition) is 0. The summed E-state index contributed by atoms with van der Waals surface area (Å²) >= 11 is 0. The second-order valence-electron chi connectivity index (χ2n) is 2.71. The first-order valence-corrected chi connectivity index (χ1v) is 3.26. The van der Waals surface area contributed by atoms with E-state index in [2.05, 4.69) is 19.9 Å². The molecule has 0 nitrogen and oxygen atoms in total. The third kappa shape index (κ3) is 1.29. The maximum absolute atomic E-state index is 2.33. The lowest BCUT2D eigenvalue weighted by molar-refractivity contribution is 0.743. The Labute approximate surface area is 51.6 Å². The molecule has 0 saturated heterocycles. The summed E-state index contributed by atoms with van der Waals surface area (Å²) in [6.07, 6.45) is 6.18. The summed E-state index contributed by atoms with van der Waals surface area (Å²) in [6, 6.07) is 0. The van der Waals surface area contributed by atoms with E-state index in [-0.39, 0.29) is 0 Å².